The summed E-state index contributed by atoms with van der Waals surface area (Å²) in [6.07, 6.45) is -2.47. The second kappa shape index (κ2) is 5.67. The van der Waals surface area contributed by atoms with Crippen LogP contribution in [0.3, 0.4) is 0 Å². The first-order valence-electron chi connectivity index (χ1n) is 7.14. The maximum atomic E-state index is 11.5. The SMILES string of the molecule is CC1C(O)C2C(CC1S(=O)(=O)O)CC(S(=O)(=O)O)C(C)C2O. The van der Waals surface area contributed by atoms with Crippen molar-refractivity contribution in [2.24, 2.45) is 23.7 Å². The number of rotatable bonds is 2. The highest BCUT2D eigenvalue weighted by Crippen LogP contribution is 2.47. The molecule has 8 nitrogen and oxygen atoms in total. The fourth-order valence-corrected chi connectivity index (χ4v) is 6.51. The molecule has 2 aliphatic rings. The molecule has 2 rings (SSSR count). The van der Waals surface area contributed by atoms with Crippen LogP contribution in [0.15, 0.2) is 0 Å². The average molecular weight is 358 g/mol. The minimum absolute atomic E-state index is 0.0580. The Morgan fingerprint density at radius 3 is 1.36 bits per heavy atom. The molecule has 0 aromatic carbocycles. The highest BCUT2D eigenvalue weighted by molar-refractivity contribution is 7.86. The minimum Gasteiger partial charge on any atom is -0.392 e. The molecule has 10 heteroatoms. The number of fused-ring (bicyclic) bond motifs is 1. The Balaban J connectivity index is 2.38. The van der Waals surface area contributed by atoms with Crippen LogP contribution >= 0.6 is 0 Å². The van der Waals surface area contributed by atoms with E-state index in [-0.39, 0.29) is 12.8 Å². The first-order chi connectivity index (χ1) is 9.85. The molecule has 0 aliphatic heterocycles. The molecular formula is C12H22O8S2. The maximum Gasteiger partial charge on any atom is 0.268 e. The summed E-state index contributed by atoms with van der Waals surface area (Å²) in [6.45, 7) is 2.96. The van der Waals surface area contributed by atoms with Crippen molar-refractivity contribution in [2.45, 2.75) is 49.4 Å². The second-order valence-electron chi connectivity index (χ2n) is 6.62. The van der Waals surface area contributed by atoms with Gasteiger partial charge < -0.3 is 10.2 Å². The number of hydrogen-bond acceptors (Lipinski definition) is 6. The highest BCUT2D eigenvalue weighted by atomic mass is 32.2. The number of aliphatic hydroxyl groups is 2. The molecule has 6 unspecified atom stereocenters. The van der Waals surface area contributed by atoms with Crippen LogP contribution in [-0.2, 0) is 20.2 Å². The summed E-state index contributed by atoms with van der Waals surface area (Å²) in [7, 11) is -8.79. The molecule has 22 heavy (non-hydrogen) atoms. The third kappa shape index (κ3) is 3.04. The van der Waals surface area contributed by atoms with E-state index in [1.165, 1.54) is 13.8 Å². The molecule has 0 radical (unpaired) electrons. The molecule has 4 N–H and O–H groups in total. The normalized spacial score (nSPS) is 47.0. The van der Waals surface area contributed by atoms with Gasteiger partial charge in [0.1, 0.15) is 0 Å². The van der Waals surface area contributed by atoms with Gasteiger partial charge in [0.15, 0.2) is 0 Å². The van der Waals surface area contributed by atoms with Crippen molar-refractivity contribution in [3.05, 3.63) is 0 Å². The van der Waals surface area contributed by atoms with Gasteiger partial charge in [-0.2, -0.15) is 16.8 Å². The van der Waals surface area contributed by atoms with Crippen LogP contribution in [0.4, 0.5) is 0 Å². The molecule has 0 bridgehead atoms. The Bertz CT molecular complexity index is 574. The zero-order valence-electron chi connectivity index (χ0n) is 12.3. The van der Waals surface area contributed by atoms with Crippen LogP contribution in [0.25, 0.3) is 0 Å². The molecule has 0 heterocycles. The Kier molecular flexibility index (Phi) is 4.66. The molecule has 2 saturated carbocycles. The lowest BCUT2D eigenvalue weighted by atomic mass is 9.62. The van der Waals surface area contributed by atoms with Gasteiger partial charge in [-0.25, -0.2) is 0 Å². The maximum absolute atomic E-state index is 11.5. The number of hydrogen-bond donors (Lipinski definition) is 4. The summed E-state index contributed by atoms with van der Waals surface area (Å²) in [4.78, 5) is 0. The van der Waals surface area contributed by atoms with E-state index < -0.39 is 66.6 Å². The molecule has 0 aromatic rings. The molecule has 0 aromatic heterocycles. The molecule has 0 spiro atoms. The average Bonchev–Trinajstić information content (AvgIpc) is 2.34. The lowest BCUT2D eigenvalue weighted by Crippen LogP contribution is -2.59. The molecule has 130 valence electrons. The van der Waals surface area contributed by atoms with Crippen LogP contribution < -0.4 is 0 Å². The van der Waals surface area contributed by atoms with Gasteiger partial charge in [0.25, 0.3) is 20.2 Å². The highest BCUT2D eigenvalue weighted by Gasteiger charge is 2.55. The summed E-state index contributed by atoms with van der Waals surface area (Å²) in [6, 6.07) is 0. The van der Waals surface area contributed by atoms with Crippen molar-refractivity contribution in [1.29, 1.82) is 0 Å². The second-order valence-corrected chi connectivity index (χ2v) is 9.89. The van der Waals surface area contributed by atoms with Gasteiger partial charge in [-0.05, 0) is 18.8 Å². The van der Waals surface area contributed by atoms with Crippen molar-refractivity contribution in [2.75, 3.05) is 0 Å². The lowest BCUT2D eigenvalue weighted by molar-refractivity contribution is -0.107. The Labute approximate surface area is 130 Å². The quantitative estimate of drug-likeness (QED) is 0.484. The first kappa shape index (κ1) is 18.1. The third-order valence-electron chi connectivity index (χ3n) is 5.42. The van der Waals surface area contributed by atoms with Crippen LogP contribution in [0.5, 0.6) is 0 Å². The van der Waals surface area contributed by atoms with Gasteiger partial charge in [-0.15, -0.1) is 0 Å². The van der Waals surface area contributed by atoms with Gasteiger partial charge in [-0.3, -0.25) is 9.11 Å². The predicted octanol–water partition coefficient (Wildman–Crippen LogP) is -0.467. The van der Waals surface area contributed by atoms with Crippen molar-refractivity contribution < 1.29 is 36.2 Å². The topological polar surface area (TPSA) is 149 Å². The lowest BCUT2D eigenvalue weighted by Gasteiger charge is -2.50. The molecule has 2 fully saturated rings. The van der Waals surface area contributed by atoms with Crippen LogP contribution in [-0.4, -0.2) is 58.9 Å². The Morgan fingerprint density at radius 1 is 0.773 bits per heavy atom. The Hall–Kier alpha value is -0.260. The largest absolute Gasteiger partial charge is 0.392 e. The van der Waals surface area contributed by atoms with Crippen LogP contribution in [0.2, 0.25) is 0 Å². The monoisotopic (exact) mass is 358 g/mol. The Morgan fingerprint density at radius 2 is 1.09 bits per heavy atom. The van der Waals surface area contributed by atoms with E-state index in [4.69, 9.17) is 0 Å². The summed E-state index contributed by atoms with van der Waals surface area (Å²) in [5, 5.41) is 18.2. The molecule has 6 atom stereocenters. The zero-order valence-corrected chi connectivity index (χ0v) is 13.9. The van der Waals surface area contributed by atoms with E-state index in [0.29, 0.717) is 0 Å². The van der Waals surface area contributed by atoms with E-state index in [1.54, 1.807) is 0 Å². The summed E-state index contributed by atoms with van der Waals surface area (Å²) in [5.41, 5.74) is 0. The van der Waals surface area contributed by atoms with E-state index in [1.807, 2.05) is 0 Å². The molecular weight excluding hydrogens is 336 g/mol. The summed E-state index contributed by atoms with van der Waals surface area (Å²) in [5.74, 6) is -2.85. The number of aliphatic hydroxyl groups excluding tert-OH is 2. The van der Waals surface area contributed by atoms with E-state index >= 15 is 0 Å². The van der Waals surface area contributed by atoms with Crippen molar-refractivity contribution in [3.8, 4) is 0 Å². The van der Waals surface area contributed by atoms with Gasteiger partial charge in [0.2, 0.25) is 0 Å². The van der Waals surface area contributed by atoms with E-state index in [2.05, 4.69) is 0 Å². The zero-order chi connectivity index (χ0) is 17.0. The molecule has 0 amide bonds. The van der Waals surface area contributed by atoms with Crippen molar-refractivity contribution in [3.63, 3.8) is 0 Å². The van der Waals surface area contributed by atoms with Gasteiger partial charge in [0, 0.05) is 17.8 Å². The molecule has 2 aliphatic carbocycles. The predicted molar refractivity (Wildman–Crippen MR) is 77.2 cm³/mol. The fraction of sp³-hybridized carbons (Fsp3) is 1.00. The summed E-state index contributed by atoms with van der Waals surface area (Å²) >= 11 is 0. The molecule has 0 saturated heterocycles. The first-order valence-corrected chi connectivity index (χ1v) is 10.1. The van der Waals surface area contributed by atoms with Crippen LogP contribution in [0, 0.1) is 23.7 Å². The standard InChI is InChI=1S/C12H22O8S2/c1-5-8(21(15,16)17)3-7-4-9(22(18,19)20)6(2)12(14)10(7)11(5)13/h5-14H,3-4H2,1-2H3,(H,15,16,17)(H,18,19,20). The van der Waals surface area contributed by atoms with E-state index in [0.717, 1.165) is 0 Å². The van der Waals surface area contributed by atoms with Gasteiger partial charge in [-0.1, -0.05) is 13.8 Å². The fourth-order valence-electron chi connectivity index (χ4n) is 4.12. The summed E-state index contributed by atoms with van der Waals surface area (Å²) < 4.78 is 64.4. The third-order valence-corrected chi connectivity index (χ3v) is 8.19. The smallest absolute Gasteiger partial charge is 0.268 e. The van der Waals surface area contributed by atoms with Gasteiger partial charge >= 0.3 is 0 Å². The van der Waals surface area contributed by atoms with Crippen LogP contribution in [0.1, 0.15) is 26.7 Å². The van der Waals surface area contributed by atoms with Crippen molar-refractivity contribution in [1.82, 2.24) is 0 Å². The van der Waals surface area contributed by atoms with Crippen molar-refractivity contribution >= 4 is 20.2 Å². The van der Waals surface area contributed by atoms with Gasteiger partial charge in [0.05, 0.1) is 22.7 Å². The minimum atomic E-state index is -4.40. The van der Waals surface area contributed by atoms with E-state index in [9.17, 15) is 36.2 Å².